The largest absolute Gasteiger partial charge is 0.326 e. The number of nitrogens with one attached hydrogen (secondary N) is 1. The first-order valence-electron chi connectivity index (χ1n) is 7.20. The second-order valence-electron chi connectivity index (χ2n) is 5.82. The van der Waals surface area contributed by atoms with Gasteiger partial charge in [-0.15, -0.1) is 0 Å². The van der Waals surface area contributed by atoms with Crippen molar-refractivity contribution in [2.24, 2.45) is 11.8 Å². The van der Waals surface area contributed by atoms with Crippen LogP contribution >= 0.6 is 0 Å². The second kappa shape index (κ2) is 5.38. The van der Waals surface area contributed by atoms with Crippen LogP contribution in [0, 0.1) is 11.8 Å². The molecule has 0 aromatic carbocycles. The zero-order valence-corrected chi connectivity index (χ0v) is 11.4. The van der Waals surface area contributed by atoms with E-state index in [-0.39, 0.29) is 12.2 Å². The lowest BCUT2D eigenvalue weighted by Crippen LogP contribution is -2.35. The van der Waals surface area contributed by atoms with Crippen molar-refractivity contribution in [1.82, 2.24) is 10.2 Å². The fourth-order valence-corrected chi connectivity index (χ4v) is 2.69. The lowest BCUT2D eigenvalue weighted by Gasteiger charge is -2.20. The van der Waals surface area contributed by atoms with Crippen molar-refractivity contribution in [2.45, 2.75) is 65.1 Å². The molecule has 1 saturated carbocycles. The Labute approximate surface area is 105 Å². The van der Waals surface area contributed by atoms with Crippen molar-refractivity contribution in [2.75, 3.05) is 6.54 Å². The van der Waals surface area contributed by atoms with Crippen LogP contribution in [0.1, 0.15) is 52.9 Å². The summed E-state index contributed by atoms with van der Waals surface area (Å²) in [6.07, 6.45) is 6.60. The van der Waals surface area contributed by atoms with Gasteiger partial charge in [0.05, 0.1) is 12.2 Å². The van der Waals surface area contributed by atoms with E-state index < -0.39 is 0 Å². The number of rotatable bonds is 6. The van der Waals surface area contributed by atoms with Crippen LogP contribution in [0.5, 0.6) is 0 Å². The van der Waals surface area contributed by atoms with Crippen LogP contribution in [0.3, 0.4) is 0 Å². The molecule has 3 nitrogen and oxygen atoms in total. The summed E-state index contributed by atoms with van der Waals surface area (Å²) < 4.78 is 0. The molecule has 1 aliphatic heterocycles. The average molecular weight is 238 g/mol. The summed E-state index contributed by atoms with van der Waals surface area (Å²) >= 11 is 0. The fourth-order valence-electron chi connectivity index (χ4n) is 2.69. The van der Waals surface area contributed by atoms with Gasteiger partial charge in [-0.2, -0.15) is 0 Å². The Balaban J connectivity index is 1.81. The number of carbonyl (C=O) groups is 1. The molecule has 17 heavy (non-hydrogen) atoms. The zero-order valence-electron chi connectivity index (χ0n) is 11.4. The van der Waals surface area contributed by atoms with E-state index >= 15 is 0 Å². The fraction of sp³-hybridized carbons (Fsp3) is 0.929. The number of nitrogens with zero attached hydrogens (tertiary/aromatic N) is 1. The van der Waals surface area contributed by atoms with Gasteiger partial charge in [0.25, 0.3) is 0 Å². The topological polar surface area (TPSA) is 32.3 Å². The molecular weight excluding hydrogens is 212 g/mol. The number of hydrogen-bond acceptors (Lipinski definition) is 2. The van der Waals surface area contributed by atoms with Crippen LogP contribution in [-0.2, 0) is 4.79 Å². The zero-order chi connectivity index (χ0) is 12.4. The molecule has 2 aliphatic rings. The highest BCUT2D eigenvalue weighted by Crippen LogP contribution is 2.33. The van der Waals surface area contributed by atoms with E-state index in [1.165, 1.54) is 25.7 Å². The Morgan fingerprint density at radius 1 is 1.47 bits per heavy atom. The van der Waals surface area contributed by atoms with E-state index in [2.05, 4.69) is 26.1 Å². The van der Waals surface area contributed by atoms with Crippen LogP contribution in [0.4, 0.5) is 0 Å². The third-order valence-corrected chi connectivity index (χ3v) is 4.36. The first kappa shape index (κ1) is 12.9. The highest BCUT2D eigenvalue weighted by molar-refractivity contribution is 5.84. The van der Waals surface area contributed by atoms with Gasteiger partial charge < -0.3 is 4.90 Å². The molecule has 0 spiro atoms. The molecule has 1 amide bonds. The van der Waals surface area contributed by atoms with Crippen molar-refractivity contribution in [3.63, 3.8) is 0 Å². The summed E-state index contributed by atoms with van der Waals surface area (Å²) in [6, 6.07) is 0.0518. The number of hydrogen-bond donors (Lipinski definition) is 1. The smallest absolute Gasteiger partial charge is 0.241 e. The van der Waals surface area contributed by atoms with Crippen LogP contribution in [0.15, 0.2) is 0 Å². The molecule has 0 bridgehead atoms. The molecule has 0 aromatic rings. The lowest BCUT2D eigenvalue weighted by atomic mass is 9.99. The summed E-state index contributed by atoms with van der Waals surface area (Å²) in [5.41, 5.74) is 0. The second-order valence-corrected chi connectivity index (χ2v) is 5.82. The van der Waals surface area contributed by atoms with Crippen LogP contribution < -0.4 is 5.32 Å². The van der Waals surface area contributed by atoms with Gasteiger partial charge in [0.1, 0.15) is 0 Å². The normalized spacial score (nSPS) is 31.0. The van der Waals surface area contributed by atoms with Crippen molar-refractivity contribution >= 4 is 5.91 Å². The first-order valence-corrected chi connectivity index (χ1v) is 7.20. The molecule has 3 unspecified atom stereocenters. The van der Waals surface area contributed by atoms with Crippen molar-refractivity contribution in [3.8, 4) is 0 Å². The van der Waals surface area contributed by atoms with Gasteiger partial charge >= 0.3 is 0 Å². The number of carbonyl (C=O) groups excluding carboxylic acids is 1. The Hall–Kier alpha value is -0.570. The van der Waals surface area contributed by atoms with Crippen LogP contribution in [0.2, 0.25) is 0 Å². The third kappa shape index (κ3) is 3.01. The van der Waals surface area contributed by atoms with Crippen LogP contribution in [-0.4, -0.2) is 29.6 Å². The van der Waals surface area contributed by atoms with Crippen LogP contribution in [0.25, 0.3) is 0 Å². The molecule has 3 heteroatoms. The summed E-state index contributed by atoms with van der Waals surface area (Å²) in [7, 11) is 0. The Morgan fingerprint density at radius 2 is 2.18 bits per heavy atom. The predicted molar refractivity (Wildman–Crippen MR) is 69.5 cm³/mol. The molecule has 3 atom stereocenters. The molecular formula is C14H26N2O. The molecule has 1 N–H and O–H groups in total. The molecule has 2 rings (SSSR count). The van der Waals surface area contributed by atoms with Gasteiger partial charge in [-0.1, -0.05) is 33.1 Å². The lowest BCUT2D eigenvalue weighted by molar-refractivity contribution is -0.130. The minimum Gasteiger partial charge on any atom is -0.326 e. The minimum atomic E-state index is 0.0518. The number of amides is 1. The highest BCUT2D eigenvalue weighted by atomic mass is 16.2. The third-order valence-electron chi connectivity index (χ3n) is 4.36. The van der Waals surface area contributed by atoms with Gasteiger partial charge in [0.15, 0.2) is 0 Å². The molecule has 1 saturated heterocycles. The summed E-state index contributed by atoms with van der Waals surface area (Å²) in [5.74, 6) is 1.74. The van der Waals surface area contributed by atoms with Crippen molar-refractivity contribution in [1.29, 1.82) is 0 Å². The molecule has 1 heterocycles. The Kier molecular flexibility index (Phi) is 4.08. The molecule has 0 aromatic heterocycles. The first-order chi connectivity index (χ1) is 8.13. The Morgan fingerprint density at radius 3 is 2.76 bits per heavy atom. The standard InChI is InChI=1S/C14H26N2O/c1-4-10(2)13-14(17)16(11(3)15-13)9-5-6-12-7-8-12/h10-13,15H,4-9H2,1-3H3. The maximum Gasteiger partial charge on any atom is 0.241 e. The van der Waals surface area contributed by atoms with Gasteiger partial charge in [-0.05, 0) is 31.6 Å². The van der Waals surface area contributed by atoms with E-state index in [9.17, 15) is 4.79 Å². The predicted octanol–water partition coefficient (Wildman–Crippen LogP) is 2.37. The van der Waals surface area contributed by atoms with Gasteiger partial charge in [-0.25, -0.2) is 0 Å². The van der Waals surface area contributed by atoms with Crippen molar-refractivity contribution in [3.05, 3.63) is 0 Å². The average Bonchev–Trinajstić information content (AvgIpc) is 3.09. The maximum atomic E-state index is 12.3. The quantitative estimate of drug-likeness (QED) is 0.770. The minimum absolute atomic E-state index is 0.0518. The monoisotopic (exact) mass is 238 g/mol. The molecule has 2 fully saturated rings. The summed E-state index contributed by atoms with van der Waals surface area (Å²) in [4.78, 5) is 14.3. The van der Waals surface area contributed by atoms with E-state index in [0.29, 0.717) is 11.8 Å². The van der Waals surface area contributed by atoms with Gasteiger partial charge in [-0.3, -0.25) is 10.1 Å². The molecule has 0 radical (unpaired) electrons. The van der Waals surface area contributed by atoms with E-state index in [4.69, 9.17) is 0 Å². The molecule has 1 aliphatic carbocycles. The molecule has 98 valence electrons. The summed E-state index contributed by atoms with van der Waals surface area (Å²) in [6.45, 7) is 7.36. The highest BCUT2D eigenvalue weighted by Gasteiger charge is 2.38. The van der Waals surface area contributed by atoms with Crippen molar-refractivity contribution < 1.29 is 4.79 Å². The van der Waals surface area contributed by atoms with E-state index in [1.807, 2.05) is 4.90 Å². The van der Waals surface area contributed by atoms with Gasteiger partial charge in [0.2, 0.25) is 5.91 Å². The van der Waals surface area contributed by atoms with Gasteiger partial charge in [0, 0.05) is 6.54 Å². The summed E-state index contributed by atoms with van der Waals surface area (Å²) in [5, 5.41) is 3.43. The van der Waals surface area contributed by atoms with E-state index in [0.717, 1.165) is 18.9 Å². The Bertz CT molecular complexity index is 275. The van der Waals surface area contributed by atoms with E-state index in [1.54, 1.807) is 0 Å². The SMILES string of the molecule is CCC(C)C1NC(C)N(CCCC2CC2)C1=O. The maximum absolute atomic E-state index is 12.3.